The van der Waals surface area contributed by atoms with Crippen molar-refractivity contribution in [1.82, 2.24) is 19.7 Å². The number of thiazole rings is 1. The average molecular weight is 486 g/mol. The Balaban J connectivity index is 1.26. The van der Waals surface area contributed by atoms with Gasteiger partial charge in [-0.15, -0.1) is 11.3 Å². The lowest BCUT2D eigenvalue weighted by Crippen LogP contribution is -2.49. The monoisotopic (exact) mass is 485 g/mol. The van der Waals surface area contributed by atoms with Crippen molar-refractivity contribution in [3.8, 4) is 10.6 Å². The van der Waals surface area contributed by atoms with Gasteiger partial charge in [-0.25, -0.2) is 13.4 Å². The lowest BCUT2D eigenvalue weighted by atomic mass is 10.2. The molecular formula is C23H27N5O3S2. The van der Waals surface area contributed by atoms with Crippen molar-refractivity contribution in [1.29, 1.82) is 0 Å². The van der Waals surface area contributed by atoms with E-state index < -0.39 is 9.84 Å². The van der Waals surface area contributed by atoms with E-state index in [1.165, 1.54) is 11.3 Å². The van der Waals surface area contributed by atoms with Crippen LogP contribution in [0, 0.1) is 13.8 Å². The van der Waals surface area contributed by atoms with E-state index in [0.717, 1.165) is 27.6 Å². The summed E-state index contributed by atoms with van der Waals surface area (Å²) in [4.78, 5) is 21.7. The van der Waals surface area contributed by atoms with Crippen molar-refractivity contribution in [2.45, 2.75) is 26.3 Å². The number of amides is 1. The molecule has 10 heteroatoms. The van der Waals surface area contributed by atoms with Gasteiger partial charge in [0.2, 0.25) is 0 Å². The Morgan fingerprint density at radius 3 is 2.48 bits per heavy atom. The molecular weight excluding hydrogens is 458 g/mol. The van der Waals surface area contributed by atoms with Gasteiger partial charge >= 0.3 is 0 Å². The van der Waals surface area contributed by atoms with Gasteiger partial charge in [0.15, 0.2) is 9.84 Å². The Kier molecular flexibility index (Phi) is 5.74. The molecule has 1 amide bonds. The number of aromatic nitrogens is 3. The van der Waals surface area contributed by atoms with E-state index in [0.29, 0.717) is 38.3 Å². The number of anilines is 1. The summed E-state index contributed by atoms with van der Waals surface area (Å²) in [5.74, 6) is 0.359. The van der Waals surface area contributed by atoms with Crippen LogP contribution < -0.4 is 4.90 Å². The summed E-state index contributed by atoms with van der Waals surface area (Å²) < 4.78 is 25.7. The van der Waals surface area contributed by atoms with Crippen LogP contribution in [-0.4, -0.2) is 71.7 Å². The summed E-state index contributed by atoms with van der Waals surface area (Å²) in [5.41, 5.74) is 4.48. The van der Waals surface area contributed by atoms with Gasteiger partial charge in [0.1, 0.15) is 10.7 Å². The second-order valence-corrected chi connectivity index (χ2v) is 11.8. The summed E-state index contributed by atoms with van der Waals surface area (Å²) in [6.07, 6.45) is 0.616. The lowest BCUT2D eigenvalue weighted by Gasteiger charge is -2.36. The van der Waals surface area contributed by atoms with E-state index in [4.69, 9.17) is 0 Å². The minimum absolute atomic E-state index is 0.0339. The molecule has 0 unspecified atom stereocenters. The Labute approximate surface area is 197 Å². The zero-order valence-corrected chi connectivity index (χ0v) is 20.4. The first-order chi connectivity index (χ1) is 15.8. The molecule has 1 atom stereocenters. The van der Waals surface area contributed by atoms with Gasteiger partial charge in [0, 0.05) is 37.1 Å². The minimum atomic E-state index is -2.97. The molecule has 0 aliphatic carbocycles. The number of hydrogen-bond donors (Lipinski definition) is 0. The number of carbonyl (C=O) groups is 1. The molecule has 1 aromatic carbocycles. The molecule has 0 saturated carbocycles. The highest BCUT2D eigenvalue weighted by molar-refractivity contribution is 7.91. The third kappa shape index (κ3) is 4.29. The maximum atomic E-state index is 13.0. The summed E-state index contributed by atoms with van der Waals surface area (Å²) in [6.45, 7) is 6.62. The van der Waals surface area contributed by atoms with E-state index in [-0.39, 0.29) is 23.5 Å². The molecule has 0 radical (unpaired) electrons. The van der Waals surface area contributed by atoms with Crippen LogP contribution in [0.1, 0.15) is 34.3 Å². The number of benzene rings is 1. The maximum absolute atomic E-state index is 13.0. The first-order valence-corrected chi connectivity index (χ1v) is 13.8. The Morgan fingerprint density at radius 1 is 1.09 bits per heavy atom. The van der Waals surface area contributed by atoms with E-state index in [1.807, 2.05) is 59.1 Å². The molecule has 2 fully saturated rings. The number of carbonyl (C=O) groups excluding carboxylic acids is 1. The first-order valence-electron chi connectivity index (χ1n) is 11.1. The van der Waals surface area contributed by atoms with Crippen LogP contribution >= 0.6 is 11.3 Å². The van der Waals surface area contributed by atoms with Crippen molar-refractivity contribution < 1.29 is 13.2 Å². The molecule has 0 spiro atoms. The van der Waals surface area contributed by atoms with Gasteiger partial charge in [0.25, 0.3) is 5.91 Å². The van der Waals surface area contributed by atoms with Gasteiger partial charge in [-0.2, -0.15) is 5.10 Å². The Hall–Kier alpha value is -2.72. The SMILES string of the molecule is Cc1nn([C@@H]2CCS(=O)(=O)C2)c(C)c1N1CCN(C(=O)c2csc(-c3ccccc3)n2)CC1. The van der Waals surface area contributed by atoms with Crippen molar-refractivity contribution in [3.63, 3.8) is 0 Å². The Bertz CT molecular complexity index is 1270. The van der Waals surface area contributed by atoms with Gasteiger partial charge < -0.3 is 9.80 Å². The van der Waals surface area contributed by atoms with Crippen LogP contribution in [0.25, 0.3) is 10.6 Å². The lowest BCUT2D eigenvalue weighted by molar-refractivity contribution is 0.0741. The topological polar surface area (TPSA) is 88.4 Å². The minimum Gasteiger partial charge on any atom is -0.365 e. The molecule has 0 N–H and O–H groups in total. The highest BCUT2D eigenvalue weighted by Crippen LogP contribution is 2.32. The molecule has 8 nitrogen and oxygen atoms in total. The smallest absolute Gasteiger partial charge is 0.273 e. The van der Waals surface area contributed by atoms with Gasteiger partial charge in [-0.3, -0.25) is 9.48 Å². The van der Waals surface area contributed by atoms with Crippen LogP contribution in [0.2, 0.25) is 0 Å². The molecule has 2 aliphatic rings. The van der Waals surface area contributed by atoms with Crippen molar-refractivity contribution in [3.05, 3.63) is 52.8 Å². The normalized spacial score (nSPS) is 20.4. The molecule has 33 heavy (non-hydrogen) atoms. The number of hydrogen-bond acceptors (Lipinski definition) is 7. The molecule has 2 aromatic heterocycles. The molecule has 4 heterocycles. The summed E-state index contributed by atoms with van der Waals surface area (Å²) >= 11 is 1.49. The van der Waals surface area contributed by atoms with Gasteiger partial charge in [0.05, 0.1) is 34.6 Å². The molecule has 2 saturated heterocycles. The zero-order valence-electron chi connectivity index (χ0n) is 18.8. The predicted octanol–water partition coefficient (Wildman–Crippen LogP) is 2.95. The second-order valence-electron chi connectivity index (χ2n) is 8.70. The van der Waals surface area contributed by atoms with Crippen LogP contribution in [0.15, 0.2) is 35.7 Å². The molecule has 2 aliphatic heterocycles. The van der Waals surface area contributed by atoms with Gasteiger partial charge in [-0.1, -0.05) is 30.3 Å². The van der Waals surface area contributed by atoms with Crippen molar-refractivity contribution in [2.24, 2.45) is 0 Å². The quantitative estimate of drug-likeness (QED) is 0.565. The molecule has 0 bridgehead atoms. The fourth-order valence-corrected chi connectivity index (χ4v) is 7.31. The van der Waals surface area contributed by atoms with E-state index in [2.05, 4.69) is 15.0 Å². The molecule has 3 aromatic rings. The third-order valence-electron chi connectivity index (χ3n) is 6.47. The number of rotatable bonds is 4. The number of nitrogens with zero attached hydrogens (tertiary/aromatic N) is 5. The summed E-state index contributed by atoms with van der Waals surface area (Å²) in [6, 6.07) is 9.80. The van der Waals surface area contributed by atoms with Crippen LogP contribution in [-0.2, 0) is 9.84 Å². The highest BCUT2D eigenvalue weighted by atomic mass is 32.2. The largest absolute Gasteiger partial charge is 0.365 e. The Morgan fingerprint density at radius 2 is 1.82 bits per heavy atom. The fourth-order valence-electron chi connectivity index (χ4n) is 4.82. The van der Waals surface area contributed by atoms with Crippen LogP contribution in [0.3, 0.4) is 0 Å². The summed E-state index contributed by atoms with van der Waals surface area (Å²) in [5, 5.41) is 7.38. The number of sulfone groups is 1. The van der Waals surface area contributed by atoms with E-state index >= 15 is 0 Å². The van der Waals surface area contributed by atoms with Gasteiger partial charge in [-0.05, 0) is 20.3 Å². The van der Waals surface area contributed by atoms with Crippen molar-refractivity contribution in [2.75, 3.05) is 42.6 Å². The average Bonchev–Trinajstić information content (AvgIpc) is 3.51. The molecule has 5 rings (SSSR count). The fraction of sp³-hybridized carbons (Fsp3) is 0.435. The van der Waals surface area contributed by atoms with E-state index in [9.17, 15) is 13.2 Å². The number of aryl methyl sites for hydroxylation is 1. The van der Waals surface area contributed by atoms with Crippen molar-refractivity contribution >= 4 is 32.8 Å². The van der Waals surface area contributed by atoms with Crippen LogP contribution in [0.4, 0.5) is 5.69 Å². The molecule has 174 valence electrons. The first kappa shape index (κ1) is 22.1. The van der Waals surface area contributed by atoms with E-state index in [1.54, 1.807) is 0 Å². The zero-order chi connectivity index (χ0) is 23.2. The highest BCUT2D eigenvalue weighted by Gasteiger charge is 2.33. The van der Waals surface area contributed by atoms with Crippen LogP contribution in [0.5, 0.6) is 0 Å². The maximum Gasteiger partial charge on any atom is 0.273 e. The third-order valence-corrected chi connectivity index (χ3v) is 9.11. The summed E-state index contributed by atoms with van der Waals surface area (Å²) in [7, 11) is -2.97. The number of piperazine rings is 1. The second kappa shape index (κ2) is 8.57. The standard InChI is InChI=1S/C23H27N5O3S2/c1-16-21(17(2)28(25-16)19-8-13-33(30,31)15-19)26-9-11-27(12-10-26)23(29)20-14-32-22(24-20)18-6-4-3-5-7-18/h3-7,14,19H,8-13,15H2,1-2H3/t19-/m1/s1. The predicted molar refractivity (Wildman–Crippen MR) is 130 cm³/mol.